The number of benzene rings is 1. The summed E-state index contributed by atoms with van der Waals surface area (Å²) in [5.41, 5.74) is 8.96. The first-order valence-corrected chi connectivity index (χ1v) is 6.59. The Kier molecular flexibility index (Phi) is 3.25. The van der Waals surface area contributed by atoms with Crippen molar-refractivity contribution in [2.45, 2.75) is 13.5 Å². The number of fused-ring (bicyclic) bond motifs is 1. The first-order valence-electron chi connectivity index (χ1n) is 6.59. The molecule has 0 saturated carbocycles. The van der Waals surface area contributed by atoms with E-state index in [1.807, 2.05) is 42.2 Å². The van der Waals surface area contributed by atoms with Gasteiger partial charge in [0.15, 0.2) is 0 Å². The van der Waals surface area contributed by atoms with Gasteiger partial charge in [-0.05, 0) is 30.7 Å². The van der Waals surface area contributed by atoms with Crippen LogP contribution in [0.2, 0.25) is 0 Å². The van der Waals surface area contributed by atoms with Crippen molar-refractivity contribution in [3.8, 4) is 0 Å². The predicted octanol–water partition coefficient (Wildman–Crippen LogP) is 2.43. The van der Waals surface area contributed by atoms with Gasteiger partial charge in [0.05, 0.1) is 12.7 Å². The Bertz CT molecular complexity index is 732. The average molecular weight is 267 g/mol. The molecule has 0 unspecified atom stereocenters. The highest BCUT2D eigenvalue weighted by Crippen LogP contribution is 2.27. The maximum Gasteiger partial charge on any atom is 0.0582 e. The number of hydrogen-bond donors (Lipinski definition) is 2. The molecular weight excluding hydrogens is 250 g/mol. The van der Waals surface area contributed by atoms with Gasteiger partial charge in [0.25, 0.3) is 0 Å². The molecule has 2 aromatic heterocycles. The van der Waals surface area contributed by atoms with E-state index in [0.717, 1.165) is 35.2 Å². The minimum Gasteiger partial charge on any atom is -0.398 e. The highest BCUT2D eigenvalue weighted by molar-refractivity contribution is 6.00. The lowest BCUT2D eigenvalue weighted by Gasteiger charge is -2.11. The molecule has 0 aliphatic heterocycles. The van der Waals surface area contributed by atoms with E-state index < -0.39 is 0 Å². The molecule has 1 aromatic carbocycles. The molecule has 2 heterocycles. The van der Waals surface area contributed by atoms with Gasteiger partial charge in [-0.15, -0.1) is 0 Å². The van der Waals surface area contributed by atoms with E-state index in [1.165, 1.54) is 5.56 Å². The molecule has 5 heteroatoms. The van der Waals surface area contributed by atoms with Crippen molar-refractivity contribution in [3.63, 3.8) is 0 Å². The monoisotopic (exact) mass is 267 g/mol. The van der Waals surface area contributed by atoms with E-state index in [0.29, 0.717) is 0 Å². The van der Waals surface area contributed by atoms with Gasteiger partial charge in [-0.3, -0.25) is 9.67 Å². The lowest BCUT2D eigenvalue weighted by atomic mass is 10.1. The molecule has 3 N–H and O–H groups in total. The van der Waals surface area contributed by atoms with Crippen LogP contribution < -0.4 is 11.1 Å². The number of nitrogen functional groups attached to an aromatic ring is 1. The Labute approximate surface area is 117 Å². The van der Waals surface area contributed by atoms with E-state index in [2.05, 4.69) is 15.4 Å². The van der Waals surface area contributed by atoms with Gasteiger partial charge >= 0.3 is 0 Å². The highest BCUT2D eigenvalue weighted by atomic mass is 15.3. The summed E-state index contributed by atoms with van der Waals surface area (Å²) in [5.74, 6) is 0. The van der Waals surface area contributed by atoms with Crippen LogP contribution in [-0.2, 0) is 6.54 Å². The number of aromatic nitrogens is 3. The van der Waals surface area contributed by atoms with Gasteiger partial charge in [0, 0.05) is 47.3 Å². The summed E-state index contributed by atoms with van der Waals surface area (Å²) in [4.78, 5) is 4.12. The first-order chi connectivity index (χ1) is 9.74. The zero-order chi connectivity index (χ0) is 13.9. The van der Waals surface area contributed by atoms with Gasteiger partial charge in [0.1, 0.15) is 0 Å². The molecule has 0 radical (unpaired) electrons. The zero-order valence-electron chi connectivity index (χ0n) is 11.4. The molecule has 3 aromatic rings. The van der Waals surface area contributed by atoms with Gasteiger partial charge in [-0.25, -0.2) is 0 Å². The average Bonchev–Trinajstić information content (AvgIpc) is 2.87. The number of nitrogens with one attached hydrogen (secondary N) is 1. The normalized spacial score (nSPS) is 10.8. The molecule has 0 saturated heterocycles. The second-order valence-electron chi connectivity index (χ2n) is 4.83. The molecule has 0 spiro atoms. The molecule has 0 aliphatic rings. The topological polar surface area (TPSA) is 68.8 Å². The van der Waals surface area contributed by atoms with Crippen molar-refractivity contribution in [2.75, 3.05) is 17.6 Å². The Morgan fingerprint density at radius 1 is 1.20 bits per heavy atom. The van der Waals surface area contributed by atoms with Crippen molar-refractivity contribution in [3.05, 3.63) is 48.5 Å². The maximum atomic E-state index is 5.97. The van der Waals surface area contributed by atoms with E-state index in [-0.39, 0.29) is 0 Å². The predicted molar refractivity (Wildman–Crippen MR) is 81.6 cm³/mol. The number of nitrogens with zero attached hydrogens (tertiary/aromatic N) is 3. The van der Waals surface area contributed by atoms with Crippen LogP contribution in [0.4, 0.5) is 11.4 Å². The number of aryl methyl sites for hydroxylation is 1. The quantitative estimate of drug-likeness (QED) is 0.712. The molecular formula is C15H17N5. The fourth-order valence-corrected chi connectivity index (χ4v) is 2.26. The molecule has 20 heavy (non-hydrogen) atoms. The number of rotatable bonds is 4. The summed E-state index contributed by atoms with van der Waals surface area (Å²) < 4.78 is 1.93. The van der Waals surface area contributed by atoms with Crippen molar-refractivity contribution >= 4 is 22.1 Å². The Morgan fingerprint density at radius 3 is 2.90 bits per heavy atom. The molecule has 0 atom stereocenters. The Balaban J connectivity index is 1.76. The molecule has 5 nitrogen and oxygen atoms in total. The highest BCUT2D eigenvalue weighted by Gasteiger charge is 2.03. The molecule has 3 rings (SSSR count). The summed E-state index contributed by atoms with van der Waals surface area (Å²) >= 11 is 0. The van der Waals surface area contributed by atoms with Crippen LogP contribution in [0.3, 0.4) is 0 Å². The van der Waals surface area contributed by atoms with Crippen LogP contribution in [0.15, 0.2) is 43.0 Å². The van der Waals surface area contributed by atoms with Gasteiger partial charge in [0.2, 0.25) is 0 Å². The van der Waals surface area contributed by atoms with Crippen molar-refractivity contribution in [1.82, 2.24) is 14.8 Å². The molecule has 0 amide bonds. The maximum absolute atomic E-state index is 5.97. The minimum absolute atomic E-state index is 0.751. The van der Waals surface area contributed by atoms with Gasteiger partial charge in [-0.2, -0.15) is 5.10 Å². The fraction of sp³-hybridized carbons (Fsp3) is 0.200. The number of hydrogen-bond acceptors (Lipinski definition) is 4. The fourth-order valence-electron chi connectivity index (χ4n) is 2.26. The molecule has 0 aliphatic carbocycles. The van der Waals surface area contributed by atoms with Crippen LogP contribution in [0.25, 0.3) is 10.8 Å². The Hall–Kier alpha value is -2.56. The molecule has 0 bridgehead atoms. The second kappa shape index (κ2) is 5.21. The van der Waals surface area contributed by atoms with Crippen LogP contribution in [-0.4, -0.2) is 21.3 Å². The van der Waals surface area contributed by atoms with E-state index in [1.54, 1.807) is 12.4 Å². The van der Waals surface area contributed by atoms with Crippen LogP contribution in [0, 0.1) is 6.92 Å². The van der Waals surface area contributed by atoms with E-state index in [9.17, 15) is 0 Å². The lowest BCUT2D eigenvalue weighted by molar-refractivity contribution is 0.638. The van der Waals surface area contributed by atoms with Crippen LogP contribution in [0.1, 0.15) is 5.56 Å². The zero-order valence-corrected chi connectivity index (χ0v) is 11.4. The lowest BCUT2D eigenvalue weighted by Crippen LogP contribution is -2.11. The summed E-state index contributed by atoms with van der Waals surface area (Å²) in [6, 6.07) is 5.89. The third-order valence-electron chi connectivity index (χ3n) is 3.27. The SMILES string of the molecule is Cc1cnn(CCNc2ccc(N)c3cnccc23)c1. The summed E-state index contributed by atoms with van der Waals surface area (Å²) in [5, 5.41) is 9.77. The number of pyridine rings is 1. The number of nitrogens with two attached hydrogens (primary N) is 1. The van der Waals surface area contributed by atoms with Crippen molar-refractivity contribution in [1.29, 1.82) is 0 Å². The molecule has 0 fully saturated rings. The van der Waals surface area contributed by atoms with Crippen LogP contribution >= 0.6 is 0 Å². The summed E-state index contributed by atoms with van der Waals surface area (Å²) in [6.07, 6.45) is 7.48. The first kappa shape index (κ1) is 12.5. The molecule has 102 valence electrons. The van der Waals surface area contributed by atoms with Crippen LogP contribution in [0.5, 0.6) is 0 Å². The van der Waals surface area contributed by atoms with E-state index >= 15 is 0 Å². The summed E-state index contributed by atoms with van der Waals surface area (Å²) in [6.45, 7) is 3.67. The van der Waals surface area contributed by atoms with Gasteiger partial charge < -0.3 is 11.1 Å². The summed E-state index contributed by atoms with van der Waals surface area (Å²) in [7, 11) is 0. The van der Waals surface area contributed by atoms with Crippen molar-refractivity contribution < 1.29 is 0 Å². The minimum atomic E-state index is 0.751. The smallest absolute Gasteiger partial charge is 0.0582 e. The second-order valence-corrected chi connectivity index (χ2v) is 4.83. The Morgan fingerprint density at radius 2 is 2.10 bits per heavy atom. The third kappa shape index (κ3) is 2.42. The standard InChI is InChI=1S/C15H17N5/c1-11-8-19-20(10-11)7-6-18-15-3-2-14(16)13-9-17-5-4-12(13)15/h2-5,8-10,18H,6-7,16H2,1H3. The van der Waals surface area contributed by atoms with Gasteiger partial charge in [-0.1, -0.05) is 0 Å². The van der Waals surface area contributed by atoms with E-state index in [4.69, 9.17) is 5.73 Å². The largest absolute Gasteiger partial charge is 0.398 e. The third-order valence-corrected chi connectivity index (χ3v) is 3.27. The number of anilines is 2. The van der Waals surface area contributed by atoms with Crippen molar-refractivity contribution in [2.24, 2.45) is 0 Å².